The molecule has 4 heterocycles. The summed E-state index contributed by atoms with van der Waals surface area (Å²) in [5.41, 5.74) is 2.40. The number of hydrogen-bond acceptors (Lipinski definition) is 4. The number of imide groups is 1. The molecule has 7 nitrogen and oxygen atoms in total. The molecule has 0 spiro atoms. The predicted molar refractivity (Wildman–Crippen MR) is 132 cm³/mol. The Balaban J connectivity index is 1.10. The first kappa shape index (κ1) is 22.8. The van der Waals surface area contributed by atoms with Gasteiger partial charge >= 0.3 is 6.03 Å². The van der Waals surface area contributed by atoms with Gasteiger partial charge in [0.15, 0.2) is 0 Å². The molecule has 7 heteroatoms. The minimum Gasteiger partial charge on any atom is -0.336 e. The number of piperidine rings is 3. The summed E-state index contributed by atoms with van der Waals surface area (Å²) < 4.78 is 0. The molecule has 186 valence electrons. The smallest absolute Gasteiger partial charge is 0.325 e. The lowest BCUT2D eigenvalue weighted by molar-refractivity contribution is -0.136. The van der Waals surface area contributed by atoms with Crippen LogP contribution < -0.4 is 5.32 Å². The van der Waals surface area contributed by atoms with Crippen LogP contribution in [-0.2, 0) is 16.1 Å². The Hall–Kier alpha value is -2.67. The lowest BCUT2D eigenvalue weighted by atomic mass is 9.68. The Kier molecular flexibility index (Phi) is 6.13. The Morgan fingerprint density at radius 1 is 1.06 bits per heavy atom. The highest BCUT2D eigenvalue weighted by Gasteiger charge is 2.47. The summed E-state index contributed by atoms with van der Waals surface area (Å²) >= 11 is 0. The molecule has 1 N–H and O–H groups in total. The number of rotatable bonds is 5. The van der Waals surface area contributed by atoms with Crippen molar-refractivity contribution in [3.63, 3.8) is 0 Å². The molecule has 0 saturated carbocycles. The Morgan fingerprint density at radius 3 is 2.77 bits per heavy atom. The molecule has 5 aliphatic rings. The van der Waals surface area contributed by atoms with Crippen LogP contribution in [0.1, 0.15) is 56.9 Å². The number of carbonyl (C=O) groups is 3. The fourth-order valence-electron chi connectivity index (χ4n) is 7.35. The molecule has 5 atom stereocenters. The largest absolute Gasteiger partial charge is 0.336 e. The van der Waals surface area contributed by atoms with Crippen molar-refractivity contribution in [2.24, 2.45) is 11.8 Å². The van der Waals surface area contributed by atoms with Gasteiger partial charge in [-0.25, -0.2) is 4.79 Å². The normalized spacial score (nSPS) is 32.6. The summed E-state index contributed by atoms with van der Waals surface area (Å²) in [6, 6.07) is 9.47. The highest BCUT2D eigenvalue weighted by Crippen LogP contribution is 2.45. The van der Waals surface area contributed by atoms with E-state index in [2.05, 4.69) is 21.2 Å². The maximum atomic E-state index is 13.5. The van der Waals surface area contributed by atoms with Crippen molar-refractivity contribution in [2.45, 2.75) is 76.0 Å². The van der Waals surface area contributed by atoms with E-state index in [1.54, 1.807) is 0 Å². The molecule has 0 aromatic heterocycles. The lowest BCUT2D eigenvalue weighted by Gasteiger charge is -2.54. The third-order valence-electron chi connectivity index (χ3n) is 8.91. The number of amides is 4. The summed E-state index contributed by atoms with van der Waals surface area (Å²) in [7, 11) is 0. The zero-order valence-corrected chi connectivity index (χ0v) is 20.4. The van der Waals surface area contributed by atoms with Crippen LogP contribution in [0.25, 0.3) is 0 Å². The van der Waals surface area contributed by atoms with Crippen LogP contribution in [0.2, 0.25) is 0 Å². The van der Waals surface area contributed by atoms with Gasteiger partial charge in [0.1, 0.15) is 6.04 Å². The Morgan fingerprint density at radius 2 is 1.91 bits per heavy atom. The van der Waals surface area contributed by atoms with Gasteiger partial charge in [-0.05, 0) is 62.5 Å². The van der Waals surface area contributed by atoms with Crippen molar-refractivity contribution in [1.29, 1.82) is 0 Å². The molecule has 35 heavy (non-hydrogen) atoms. The van der Waals surface area contributed by atoms with E-state index in [9.17, 15) is 14.4 Å². The first-order valence-electron chi connectivity index (χ1n) is 13.5. The molecule has 1 aromatic rings. The van der Waals surface area contributed by atoms with Crippen molar-refractivity contribution in [2.75, 3.05) is 19.6 Å². The quantitative estimate of drug-likeness (QED) is 0.523. The van der Waals surface area contributed by atoms with Crippen molar-refractivity contribution in [1.82, 2.24) is 20.0 Å². The molecule has 4 amide bonds. The lowest BCUT2D eigenvalue weighted by Crippen LogP contribution is -2.60. The zero-order chi connectivity index (χ0) is 23.9. The van der Waals surface area contributed by atoms with Gasteiger partial charge in [-0.2, -0.15) is 0 Å². The van der Waals surface area contributed by atoms with Crippen LogP contribution in [0.4, 0.5) is 4.79 Å². The topological polar surface area (TPSA) is 73.0 Å². The van der Waals surface area contributed by atoms with Crippen LogP contribution in [0, 0.1) is 11.8 Å². The van der Waals surface area contributed by atoms with Crippen LogP contribution in [0.5, 0.6) is 0 Å². The van der Waals surface area contributed by atoms with E-state index >= 15 is 0 Å². The first-order chi connectivity index (χ1) is 17.1. The Bertz CT molecular complexity index is 1020. The van der Waals surface area contributed by atoms with Crippen molar-refractivity contribution >= 4 is 17.8 Å². The van der Waals surface area contributed by atoms with Gasteiger partial charge in [0.25, 0.3) is 5.91 Å². The average molecular weight is 477 g/mol. The van der Waals surface area contributed by atoms with E-state index in [4.69, 9.17) is 0 Å². The standard InChI is InChI=1S/C28H36N4O3/c33-25(12-11-23-27(34)32(28(35)29-23)17-19-7-2-1-3-8-19)31-14-6-9-20-15-21-16-22(26(20)31)18-30-13-5-4-10-24(21)30/h1-3,7-8,15,21-24,26H,4-6,9-14,16-18H2,(H,29,35)/t21-,22+,23-,24-,26+/m1/s1. The minimum absolute atomic E-state index is 0.128. The number of urea groups is 1. The van der Waals surface area contributed by atoms with Crippen LogP contribution in [-0.4, -0.2) is 70.3 Å². The van der Waals surface area contributed by atoms with Crippen molar-refractivity contribution in [3.05, 3.63) is 47.5 Å². The maximum Gasteiger partial charge on any atom is 0.325 e. The minimum atomic E-state index is -0.616. The van der Waals surface area contributed by atoms with E-state index in [1.165, 1.54) is 42.7 Å². The Labute approximate surface area is 207 Å². The third kappa shape index (κ3) is 4.28. The molecular formula is C28H36N4O3. The van der Waals surface area contributed by atoms with Crippen molar-refractivity contribution in [3.8, 4) is 0 Å². The molecule has 6 rings (SSSR count). The number of hydrogen-bond donors (Lipinski definition) is 1. The molecular weight excluding hydrogens is 440 g/mol. The monoisotopic (exact) mass is 476 g/mol. The van der Waals surface area contributed by atoms with E-state index in [1.807, 2.05) is 30.3 Å². The molecule has 1 aromatic carbocycles. The van der Waals surface area contributed by atoms with Gasteiger partial charge in [-0.1, -0.05) is 48.4 Å². The molecule has 2 bridgehead atoms. The summed E-state index contributed by atoms with van der Waals surface area (Å²) in [5, 5.41) is 2.80. The number of carbonyl (C=O) groups excluding carboxylic acids is 3. The van der Waals surface area contributed by atoms with E-state index in [0.29, 0.717) is 30.7 Å². The number of benzene rings is 1. The highest BCUT2D eigenvalue weighted by atomic mass is 16.2. The fourth-order valence-corrected chi connectivity index (χ4v) is 7.35. The van der Waals surface area contributed by atoms with Gasteiger partial charge in [0.2, 0.25) is 5.91 Å². The molecule has 1 aliphatic carbocycles. The van der Waals surface area contributed by atoms with E-state index in [0.717, 1.165) is 31.5 Å². The predicted octanol–water partition coefficient (Wildman–Crippen LogP) is 3.31. The molecule has 0 unspecified atom stereocenters. The molecule has 4 saturated heterocycles. The fraction of sp³-hybridized carbons (Fsp3) is 0.607. The molecule has 4 aliphatic heterocycles. The second kappa shape index (κ2) is 9.41. The number of nitrogens with one attached hydrogen (secondary N) is 1. The van der Waals surface area contributed by atoms with Gasteiger partial charge in [-0.3, -0.25) is 19.4 Å². The number of likely N-dealkylation sites (tertiary alicyclic amines) is 1. The van der Waals surface area contributed by atoms with Crippen LogP contribution in [0.15, 0.2) is 42.0 Å². The van der Waals surface area contributed by atoms with Gasteiger partial charge < -0.3 is 10.2 Å². The summed E-state index contributed by atoms with van der Waals surface area (Å²) in [5.74, 6) is 1.07. The third-order valence-corrected chi connectivity index (χ3v) is 8.91. The van der Waals surface area contributed by atoms with Gasteiger partial charge in [-0.15, -0.1) is 0 Å². The van der Waals surface area contributed by atoms with E-state index in [-0.39, 0.29) is 30.4 Å². The number of fused-ring (bicyclic) bond motifs is 6. The molecule has 0 radical (unpaired) electrons. The van der Waals surface area contributed by atoms with E-state index < -0.39 is 6.04 Å². The van der Waals surface area contributed by atoms with Crippen LogP contribution in [0.3, 0.4) is 0 Å². The first-order valence-corrected chi connectivity index (χ1v) is 13.5. The SMILES string of the molecule is O=C1N[C@H](CCC(=O)N2CCCC3=C[C@@H]4C[C@@H](CN5CCCC[C@H]45)[C@H]32)C(=O)N1Cc1ccccc1. The van der Waals surface area contributed by atoms with Gasteiger partial charge in [0, 0.05) is 25.6 Å². The highest BCUT2D eigenvalue weighted by molar-refractivity contribution is 6.04. The second-order valence-electron chi connectivity index (χ2n) is 11.0. The second-order valence-corrected chi connectivity index (χ2v) is 11.0. The average Bonchev–Trinajstić information content (AvgIpc) is 3.15. The zero-order valence-electron chi connectivity index (χ0n) is 20.4. The van der Waals surface area contributed by atoms with Crippen molar-refractivity contribution < 1.29 is 14.4 Å². The molecule has 4 fully saturated rings. The summed E-state index contributed by atoms with van der Waals surface area (Å²) in [6.45, 7) is 3.37. The summed E-state index contributed by atoms with van der Waals surface area (Å²) in [6.07, 6.45) is 10.5. The van der Waals surface area contributed by atoms with Crippen LogP contribution >= 0.6 is 0 Å². The number of nitrogens with zero attached hydrogens (tertiary/aromatic N) is 3. The maximum absolute atomic E-state index is 13.5. The van der Waals surface area contributed by atoms with Gasteiger partial charge in [0.05, 0.1) is 12.6 Å². The summed E-state index contributed by atoms with van der Waals surface area (Å²) in [4.78, 5) is 44.9.